The van der Waals surface area contributed by atoms with Crippen LogP contribution < -0.4 is 11.5 Å². The molecule has 10 heteroatoms. The number of nitrogen functional groups attached to an aromatic ring is 1. The highest BCUT2D eigenvalue weighted by molar-refractivity contribution is 6.32. The number of anilines is 1. The molecule has 1 amide bonds. The maximum Gasteiger partial charge on any atom is 0.235 e. The number of Topliss-reactive ketones (excluding diaryl/α,β-unsaturated/α-hetero) is 4. The van der Waals surface area contributed by atoms with E-state index in [4.69, 9.17) is 11.5 Å². The molecule has 0 aliphatic heterocycles. The van der Waals surface area contributed by atoms with Crippen molar-refractivity contribution in [1.29, 1.82) is 0 Å². The summed E-state index contributed by atoms with van der Waals surface area (Å²) >= 11 is 0. The fourth-order valence-corrected chi connectivity index (χ4v) is 5.63. The number of phenolic OH excluding ortho intramolecular Hbond substituents is 1. The fraction of sp³-hybridized carbons (Fsp3) is 0.476. The number of fused-ring (bicyclic) bond motifs is 3. The second-order valence-corrected chi connectivity index (χ2v) is 8.82. The molecule has 10 nitrogen and oxygen atoms in total. The second-order valence-electron chi connectivity index (χ2n) is 8.82. The lowest BCUT2D eigenvalue weighted by Gasteiger charge is -2.52. The van der Waals surface area contributed by atoms with Crippen molar-refractivity contribution >= 4 is 34.7 Å². The molecule has 0 bridgehead atoms. The van der Waals surface area contributed by atoms with Gasteiger partial charge >= 0.3 is 0 Å². The van der Waals surface area contributed by atoms with Gasteiger partial charge in [0.25, 0.3) is 0 Å². The Kier molecular flexibility index (Phi) is 4.56. The maximum atomic E-state index is 13.5. The highest BCUT2D eigenvalue weighted by Crippen LogP contribution is 2.51. The second kappa shape index (κ2) is 6.69. The number of rotatable bonds is 2. The van der Waals surface area contributed by atoms with E-state index in [9.17, 15) is 34.2 Å². The van der Waals surface area contributed by atoms with Crippen LogP contribution in [0.4, 0.5) is 5.69 Å². The molecule has 0 radical (unpaired) electrons. The smallest absolute Gasteiger partial charge is 0.235 e. The van der Waals surface area contributed by atoms with Gasteiger partial charge < -0.3 is 21.7 Å². The number of amides is 1. The molecule has 6 atom stereocenters. The van der Waals surface area contributed by atoms with Crippen LogP contribution in [-0.4, -0.2) is 69.9 Å². The third kappa shape index (κ3) is 2.61. The largest absolute Gasteiger partial charge is 0.507 e. The van der Waals surface area contributed by atoms with Gasteiger partial charge in [-0.25, -0.2) is 0 Å². The normalized spacial score (nSPS) is 34.9. The number of likely N-dealkylation sites (N-methyl/N-ethyl adjacent to an activating group) is 1. The number of benzene rings is 1. The van der Waals surface area contributed by atoms with Crippen molar-refractivity contribution < 1.29 is 34.2 Å². The van der Waals surface area contributed by atoms with Crippen molar-refractivity contribution in [2.45, 2.75) is 24.5 Å². The minimum atomic E-state index is -2.72. The highest BCUT2D eigenvalue weighted by atomic mass is 16.3. The summed E-state index contributed by atoms with van der Waals surface area (Å²) in [5.74, 6) is -10.6. The number of aromatic hydroxyl groups is 1. The predicted octanol–water partition coefficient (Wildman–Crippen LogP) is -1.55. The summed E-state index contributed by atoms with van der Waals surface area (Å²) in [5.41, 5.74) is 9.11. The van der Waals surface area contributed by atoms with Crippen molar-refractivity contribution in [3.05, 3.63) is 23.3 Å². The molecule has 4 rings (SSSR count). The number of aliphatic hydroxyl groups is 1. The van der Waals surface area contributed by atoms with E-state index in [1.54, 1.807) is 0 Å². The van der Waals surface area contributed by atoms with Crippen LogP contribution in [0.1, 0.15) is 22.3 Å². The average molecular weight is 429 g/mol. The number of phenols is 1. The molecule has 3 aliphatic carbocycles. The third-order valence-corrected chi connectivity index (χ3v) is 6.98. The molecule has 0 spiro atoms. The van der Waals surface area contributed by atoms with E-state index in [2.05, 4.69) is 0 Å². The zero-order chi connectivity index (χ0) is 23.0. The summed E-state index contributed by atoms with van der Waals surface area (Å²) in [4.78, 5) is 66.1. The first-order valence-corrected chi connectivity index (χ1v) is 9.87. The topological polar surface area (TPSA) is 181 Å². The van der Waals surface area contributed by atoms with Crippen LogP contribution in [0, 0.1) is 23.7 Å². The summed E-state index contributed by atoms with van der Waals surface area (Å²) in [7, 11) is 3.06. The van der Waals surface area contributed by atoms with E-state index in [0.29, 0.717) is 5.56 Å². The lowest BCUT2D eigenvalue weighted by atomic mass is 9.52. The van der Waals surface area contributed by atoms with E-state index in [1.165, 1.54) is 31.1 Å². The van der Waals surface area contributed by atoms with Crippen molar-refractivity contribution in [1.82, 2.24) is 4.90 Å². The van der Waals surface area contributed by atoms with Gasteiger partial charge in [0.2, 0.25) is 5.91 Å². The number of hydrogen-bond donors (Lipinski definition) is 4. The molecule has 0 aromatic heterocycles. The number of hydrogen-bond acceptors (Lipinski definition) is 9. The number of primary amides is 1. The Labute approximate surface area is 177 Å². The maximum absolute atomic E-state index is 13.5. The Bertz CT molecular complexity index is 1070. The first-order valence-electron chi connectivity index (χ1n) is 9.87. The summed E-state index contributed by atoms with van der Waals surface area (Å²) in [5, 5.41) is 21.6. The molecule has 2 saturated carbocycles. The van der Waals surface area contributed by atoms with Crippen LogP contribution in [0.15, 0.2) is 12.1 Å². The molecule has 1 aromatic rings. The molecule has 0 saturated heterocycles. The quantitative estimate of drug-likeness (QED) is 0.246. The minimum Gasteiger partial charge on any atom is -0.507 e. The van der Waals surface area contributed by atoms with Crippen LogP contribution >= 0.6 is 0 Å². The van der Waals surface area contributed by atoms with Gasteiger partial charge in [0.05, 0.1) is 17.5 Å². The summed E-state index contributed by atoms with van der Waals surface area (Å²) in [6, 6.07) is 1.58. The fourth-order valence-electron chi connectivity index (χ4n) is 5.63. The molecule has 164 valence electrons. The Morgan fingerprint density at radius 3 is 2.39 bits per heavy atom. The Morgan fingerprint density at radius 1 is 1.16 bits per heavy atom. The Morgan fingerprint density at radius 2 is 1.81 bits per heavy atom. The number of carbonyl (C=O) groups is 5. The Hall–Kier alpha value is -3.11. The molecule has 0 heterocycles. The van der Waals surface area contributed by atoms with Gasteiger partial charge in [-0.3, -0.25) is 28.9 Å². The van der Waals surface area contributed by atoms with E-state index >= 15 is 0 Å². The van der Waals surface area contributed by atoms with Crippen molar-refractivity contribution in [2.75, 3.05) is 19.8 Å². The molecule has 2 fully saturated rings. The number of nitrogens with zero attached hydrogens (tertiary/aromatic N) is 1. The highest BCUT2D eigenvalue weighted by Gasteiger charge is 2.69. The Balaban J connectivity index is 1.88. The number of carbonyl (C=O) groups excluding carboxylic acids is 5. The van der Waals surface area contributed by atoms with Crippen LogP contribution in [0.3, 0.4) is 0 Å². The van der Waals surface area contributed by atoms with Crippen molar-refractivity contribution in [3.8, 4) is 5.75 Å². The van der Waals surface area contributed by atoms with E-state index < -0.39 is 64.4 Å². The first kappa shape index (κ1) is 21.1. The van der Waals surface area contributed by atoms with Crippen molar-refractivity contribution in [2.24, 2.45) is 29.4 Å². The van der Waals surface area contributed by atoms with Crippen LogP contribution in [0.2, 0.25) is 0 Å². The zero-order valence-electron chi connectivity index (χ0n) is 17.0. The van der Waals surface area contributed by atoms with E-state index in [1.807, 2.05) is 0 Å². The lowest BCUT2D eigenvalue weighted by Crippen LogP contribution is -2.74. The van der Waals surface area contributed by atoms with Gasteiger partial charge in [0, 0.05) is 11.6 Å². The monoisotopic (exact) mass is 429 g/mol. The van der Waals surface area contributed by atoms with Crippen LogP contribution in [-0.2, 0) is 25.6 Å². The molecule has 3 aliphatic rings. The van der Waals surface area contributed by atoms with Gasteiger partial charge in [-0.15, -0.1) is 0 Å². The molecule has 2 unspecified atom stereocenters. The summed E-state index contributed by atoms with van der Waals surface area (Å²) in [6.07, 6.45) is 0.158. The molecule has 1 aromatic carbocycles. The summed E-state index contributed by atoms with van der Waals surface area (Å²) in [6.45, 7) is 0. The predicted molar refractivity (Wildman–Crippen MR) is 106 cm³/mol. The first-order chi connectivity index (χ1) is 14.4. The average Bonchev–Trinajstić information content (AvgIpc) is 2.67. The van der Waals surface area contributed by atoms with E-state index in [0.717, 1.165) is 0 Å². The molecular weight excluding hydrogens is 406 g/mol. The summed E-state index contributed by atoms with van der Waals surface area (Å²) < 4.78 is 0. The van der Waals surface area contributed by atoms with Gasteiger partial charge in [0.1, 0.15) is 5.75 Å². The number of nitrogens with two attached hydrogens (primary N) is 2. The van der Waals surface area contributed by atoms with Gasteiger partial charge in [0.15, 0.2) is 34.7 Å². The van der Waals surface area contributed by atoms with Crippen LogP contribution in [0.5, 0.6) is 5.75 Å². The lowest BCUT2D eigenvalue weighted by molar-refractivity contribution is -0.181. The molecular formula is C21H23N3O7. The zero-order valence-corrected chi connectivity index (χ0v) is 17.0. The van der Waals surface area contributed by atoms with Gasteiger partial charge in [-0.1, -0.05) is 0 Å². The number of ketones is 4. The molecule has 31 heavy (non-hydrogen) atoms. The molecule has 6 N–H and O–H groups in total. The SMILES string of the molecule is CN(C)[C@@H]1C(=O)C(C(N)=O)C(=O)[C@]2(O)C(=O)C3C(=O)c4c(O)ccc(N)c4C[C@@H]3C[C@H]12. The van der Waals surface area contributed by atoms with Crippen molar-refractivity contribution in [3.63, 3.8) is 0 Å². The van der Waals surface area contributed by atoms with Gasteiger partial charge in [-0.2, -0.15) is 0 Å². The minimum absolute atomic E-state index is 0.00100. The standard InChI is InChI=1S/C21H23N3O7/c1-24(2)15-9-6-7-5-8-10(22)3-4-11(25)13(8)16(26)12(7)18(28)21(9,31)19(29)14(17(15)27)20(23)30/h3-4,7,9,12,14-15,25,31H,5-6,22H2,1-2H3,(H2,23,30)/t7-,9-,12?,14?,15+,21-/m1/s1. The van der Waals surface area contributed by atoms with Gasteiger partial charge in [-0.05, 0) is 50.6 Å². The van der Waals surface area contributed by atoms with Crippen LogP contribution in [0.25, 0.3) is 0 Å². The third-order valence-electron chi connectivity index (χ3n) is 6.98. The van der Waals surface area contributed by atoms with E-state index in [-0.39, 0.29) is 29.8 Å².